The monoisotopic (exact) mass is 363 g/mol. The van der Waals surface area contributed by atoms with Gasteiger partial charge in [0.1, 0.15) is 0 Å². The lowest BCUT2D eigenvalue weighted by Gasteiger charge is -2.07. The van der Waals surface area contributed by atoms with Crippen molar-refractivity contribution in [2.75, 3.05) is 11.9 Å². The molecule has 0 fully saturated rings. The van der Waals surface area contributed by atoms with Gasteiger partial charge in [0.2, 0.25) is 0 Å². The van der Waals surface area contributed by atoms with Crippen LogP contribution in [0.1, 0.15) is 39.0 Å². The van der Waals surface area contributed by atoms with E-state index < -0.39 is 0 Å². The molecule has 0 aliphatic carbocycles. The molecule has 0 atom stereocenters. The Kier molecular flexibility index (Phi) is 5.30. The van der Waals surface area contributed by atoms with Crippen LogP contribution in [0.25, 0.3) is 5.69 Å². The summed E-state index contributed by atoms with van der Waals surface area (Å²) in [6.07, 6.45) is 0. The van der Waals surface area contributed by atoms with Crippen LogP contribution in [-0.2, 0) is 0 Å². The van der Waals surface area contributed by atoms with Gasteiger partial charge in [0, 0.05) is 17.8 Å². The SMILES string of the molecule is CCNC(=O)c1ccc(NC(=O)c2nnn(-c3cccc(C)c3)c2C)cc1. The smallest absolute Gasteiger partial charge is 0.278 e. The zero-order valence-corrected chi connectivity index (χ0v) is 15.5. The van der Waals surface area contributed by atoms with E-state index >= 15 is 0 Å². The van der Waals surface area contributed by atoms with Gasteiger partial charge in [-0.3, -0.25) is 9.59 Å². The maximum Gasteiger partial charge on any atom is 0.278 e. The predicted molar refractivity (Wildman–Crippen MR) is 103 cm³/mol. The number of aromatic nitrogens is 3. The summed E-state index contributed by atoms with van der Waals surface area (Å²) in [5.41, 5.74) is 3.97. The number of hydrogen-bond donors (Lipinski definition) is 2. The summed E-state index contributed by atoms with van der Waals surface area (Å²) >= 11 is 0. The molecule has 1 aromatic heterocycles. The van der Waals surface area contributed by atoms with Crippen LogP contribution in [0.5, 0.6) is 0 Å². The first-order valence-corrected chi connectivity index (χ1v) is 8.68. The van der Waals surface area contributed by atoms with Crippen molar-refractivity contribution in [2.45, 2.75) is 20.8 Å². The average molecular weight is 363 g/mol. The van der Waals surface area contributed by atoms with E-state index in [1.54, 1.807) is 35.9 Å². The van der Waals surface area contributed by atoms with Crippen molar-refractivity contribution >= 4 is 17.5 Å². The molecule has 2 N–H and O–H groups in total. The number of carbonyl (C=O) groups excluding carboxylic acids is 2. The van der Waals surface area contributed by atoms with Crippen molar-refractivity contribution in [3.8, 4) is 5.69 Å². The summed E-state index contributed by atoms with van der Waals surface area (Å²) in [5.74, 6) is -0.496. The molecule has 7 nitrogen and oxygen atoms in total. The van der Waals surface area contributed by atoms with Gasteiger partial charge in [0.15, 0.2) is 5.69 Å². The van der Waals surface area contributed by atoms with Gasteiger partial charge in [0.25, 0.3) is 11.8 Å². The van der Waals surface area contributed by atoms with Crippen LogP contribution in [0.4, 0.5) is 5.69 Å². The molecule has 0 saturated carbocycles. The summed E-state index contributed by atoms with van der Waals surface area (Å²) in [7, 11) is 0. The summed E-state index contributed by atoms with van der Waals surface area (Å²) in [6, 6.07) is 14.5. The Labute approximate surface area is 157 Å². The van der Waals surface area contributed by atoms with Gasteiger partial charge in [-0.15, -0.1) is 5.10 Å². The molecule has 0 aliphatic heterocycles. The fraction of sp³-hybridized carbons (Fsp3) is 0.200. The van der Waals surface area contributed by atoms with Gasteiger partial charge in [-0.1, -0.05) is 17.3 Å². The molecule has 2 amide bonds. The normalized spacial score (nSPS) is 10.5. The Bertz CT molecular complexity index is 976. The minimum absolute atomic E-state index is 0.146. The third kappa shape index (κ3) is 4.03. The Morgan fingerprint density at radius 3 is 2.44 bits per heavy atom. The second-order valence-corrected chi connectivity index (χ2v) is 6.17. The van der Waals surface area contributed by atoms with Crippen LogP contribution < -0.4 is 10.6 Å². The highest BCUT2D eigenvalue weighted by Crippen LogP contribution is 2.16. The second-order valence-electron chi connectivity index (χ2n) is 6.17. The van der Waals surface area contributed by atoms with Gasteiger partial charge in [-0.05, 0) is 62.7 Å². The molecule has 0 spiro atoms. The Hall–Kier alpha value is -3.48. The zero-order chi connectivity index (χ0) is 19.4. The molecular weight excluding hydrogens is 342 g/mol. The minimum atomic E-state index is -0.350. The summed E-state index contributed by atoms with van der Waals surface area (Å²) in [6.45, 7) is 6.22. The predicted octanol–water partition coefficient (Wildman–Crippen LogP) is 2.89. The van der Waals surface area contributed by atoms with Gasteiger partial charge in [-0.2, -0.15) is 0 Å². The van der Waals surface area contributed by atoms with Gasteiger partial charge in [0.05, 0.1) is 11.4 Å². The number of anilines is 1. The quantitative estimate of drug-likeness (QED) is 0.729. The molecule has 0 unspecified atom stereocenters. The van der Waals surface area contributed by atoms with E-state index in [1.165, 1.54) is 0 Å². The van der Waals surface area contributed by atoms with Crippen LogP contribution >= 0.6 is 0 Å². The van der Waals surface area contributed by atoms with Crippen LogP contribution in [0.2, 0.25) is 0 Å². The van der Waals surface area contributed by atoms with E-state index in [4.69, 9.17) is 0 Å². The van der Waals surface area contributed by atoms with E-state index in [-0.39, 0.29) is 17.5 Å². The molecular formula is C20H21N5O2. The molecule has 0 saturated heterocycles. The first-order chi connectivity index (χ1) is 13.0. The van der Waals surface area contributed by atoms with E-state index in [1.807, 2.05) is 38.1 Å². The third-order valence-corrected chi connectivity index (χ3v) is 4.10. The summed E-state index contributed by atoms with van der Waals surface area (Å²) in [4.78, 5) is 24.3. The number of hydrogen-bond acceptors (Lipinski definition) is 4. The van der Waals surface area contributed by atoms with Crippen molar-refractivity contribution < 1.29 is 9.59 Å². The molecule has 27 heavy (non-hydrogen) atoms. The molecule has 0 aliphatic rings. The lowest BCUT2D eigenvalue weighted by molar-refractivity contribution is 0.0955. The fourth-order valence-corrected chi connectivity index (χ4v) is 2.70. The highest BCUT2D eigenvalue weighted by atomic mass is 16.2. The maximum atomic E-state index is 12.6. The summed E-state index contributed by atoms with van der Waals surface area (Å²) < 4.78 is 1.64. The van der Waals surface area contributed by atoms with E-state index in [2.05, 4.69) is 20.9 Å². The molecule has 0 radical (unpaired) electrons. The molecule has 0 bridgehead atoms. The van der Waals surface area contributed by atoms with Crippen molar-refractivity contribution in [3.63, 3.8) is 0 Å². The lowest BCUT2D eigenvalue weighted by Crippen LogP contribution is -2.22. The van der Waals surface area contributed by atoms with Crippen molar-refractivity contribution in [1.29, 1.82) is 0 Å². The van der Waals surface area contributed by atoms with Crippen LogP contribution in [-0.4, -0.2) is 33.4 Å². The fourth-order valence-electron chi connectivity index (χ4n) is 2.70. The molecule has 7 heteroatoms. The zero-order valence-electron chi connectivity index (χ0n) is 15.5. The average Bonchev–Trinajstić information content (AvgIpc) is 3.04. The van der Waals surface area contributed by atoms with Crippen molar-refractivity contribution in [2.24, 2.45) is 0 Å². The molecule has 2 aromatic carbocycles. The number of carbonyl (C=O) groups is 2. The number of aryl methyl sites for hydroxylation is 1. The molecule has 3 rings (SSSR count). The van der Waals surface area contributed by atoms with Gasteiger partial charge in [-0.25, -0.2) is 4.68 Å². The molecule has 138 valence electrons. The lowest BCUT2D eigenvalue weighted by atomic mass is 10.2. The molecule has 3 aromatic rings. The highest BCUT2D eigenvalue weighted by Gasteiger charge is 2.17. The van der Waals surface area contributed by atoms with E-state index in [9.17, 15) is 9.59 Å². The van der Waals surface area contributed by atoms with E-state index in [0.29, 0.717) is 23.5 Å². The first kappa shape index (κ1) is 18.3. The second kappa shape index (κ2) is 7.82. The third-order valence-electron chi connectivity index (χ3n) is 4.10. The van der Waals surface area contributed by atoms with E-state index in [0.717, 1.165) is 11.3 Å². The topological polar surface area (TPSA) is 88.9 Å². The number of nitrogens with zero attached hydrogens (tertiary/aromatic N) is 3. The number of rotatable bonds is 5. The van der Waals surface area contributed by atoms with Crippen LogP contribution in [0.15, 0.2) is 48.5 Å². The highest BCUT2D eigenvalue weighted by molar-refractivity contribution is 6.04. The first-order valence-electron chi connectivity index (χ1n) is 8.68. The number of benzene rings is 2. The van der Waals surface area contributed by atoms with Gasteiger partial charge >= 0.3 is 0 Å². The Morgan fingerprint density at radius 2 is 1.78 bits per heavy atom. The Balaban J connectivity index is 1.76. The summed E-state index contributed by atoms with van der Waals surface area (Å²) in [5, 5.41) is 13.6. The Morgan fingerprint density at radius 1 is 1.04 bits per heavy atom. The number of amides is 2. The molecule has 1 heterocycles. The van der Waals surface area contributed by atoms with Crippen molar-refractivity contribution in [1.82, 2.24) is 20.3 Å². The van der Waals surface area contributed by atoms with Crippen LogP contribution in [0.3, 0.4) is 0 Å². The standard InChI is InChI=1S/C20H21N5O2/c1-4-21-19(26)15-8-10-16(11-9-15)22-20(27)18-14(3)25(24-23-18)17-7-5-6-13(2)12-17/h5-12H,4H2,1-3H3,(H,21,26)(H,22,27). The van der Waals surface area contributed by atoms with Crippen molar-refractivity contribution in [3.05, 3.63) is 71.0 Å². The maximum absolute atomic E-state index is 12.6. The van der Waals surface area contributed by atoms with Crippen LogP contribution in [0, 0.1) is 13.8 Å². The largest absolute Gasteiger partial charge is 0.352 e. The van der Waals surface area contributed by atoms with Gasteiger partial charge < -0.3 is 10.6 Å². The number of nitrogens with one attached hydrogen (secondary N) is 2. The minimum Gasteiger partial charge on any atom is -0.352 e.